The maximum atomic E-state index is 11.7. The number of amides is 1. The molecular weight excluding hydrogens is 236 g/mol. The smallest absolute Gasteiger partial charge is 0.224 e. The van der Waals surface area contributed by atoms with Crippen molar-refractivity contribution in [3.63, 3.8) is 0 Å². The predicted molar refractivity (Wildman–Crippen MR) is 79.9 cm³/mol. The molecule has 1 unspecified atom stereocenters. The zero-order valence-corrected chi connectivity index (χ0v) is 12.7. The van der Waals surface area contributed by atoms with Gasteiger partial charge in [0.25, 0.3) is 0 Å². The Labute approximate surface area is 116 Å². The molecule has 0 radical (unpaired) electrons. The van der Waals surface area contributed by atoms with Crippen LogP contribution in [-0.4, -0.2) is 12.5 Å². The molecule has 1 amide bonds. The van der Waals surface area contributed by atoms with Crippen molar-refractivity contribution in [1.29, 1.82) is 0 Å². The zero-order valence-electron chi connectivity index (χ0n) is 12.7. The number of aryl methyl sites for hydroxylation is 1. The normalized spacial score (nSPS) is 13.2. The van der Waals surface area contributed by atoms with E-state index in [1.54, 1.807) is 0 Å². The van der Waals surface area contributed by atoms with Gasteiger partial charge in [-0.3, -0.25) is 4.79 Å². The molecule has 0 spiro atoms. The molecule has 0 heterocycles. The minimum Gasteiger partial charge on any atom is -0.352 e. The Balaban J connectivity index is 2.74. The van der Waals surface area contributed by atoms with Crippen LogP contribution in [-0.2, 0) is 16.8 Å². The van der Waals surface area contributed by atoms with Crippen LogP contribution in [0.15, 0.2) is 18.2 Å². The highest BCUT2D eigenvalue weighted by molar-refractivity contribution is 5.78. The van der Waals surface area contributed by atoms with Gasteiger partial charge in [0.2, 0.25) is 5.91 Å². The summed E-state index contributed by atoms with van der Waals surface area (Å²) in [6.45, 7) is 11.5. The second kappa shape index (κ2) is 6.20. The average Bonchev–Trinajstić information content (AvgIpc) is 2.34. The number of rotatable bonds is 4. The summed E-state index contributed by atoms with van der Waals surface area (Å²) in [4.78, 5) is 11.7. The van der Waals surface area contributed by atoms with E-state index in [9.17, 15) is 4.79 Å². The lowest BCUT2D eigenvalue weighted by Gasteiger charge is -2.21. The van der Waals surface area contributed by atoms with E-state index in [2.05, 4.69) is 51.2 Å². The molecule has 0 aliphatic rings. The molecule has 0 saturated carbocycles. The first kappa shape index (κ1) is 15.7. The number of carbonyl (C=O) groups excluding carboxylic acids is 1. The minimum atomic E-state index is -0.130. The lowest BCUT2D eigenvalue weighted by molar-refractivity contribution is -0.124. The predicted octanol–water partition coefficient (Wildman–Crippen LogP) is 2.50. The first-order valence-corrected chi connectivity index (χ1v) is 6.83. The van der Waals surface area contributed by atoms with E-state index in [0.717, 1.165) is 5.56 Å². The topological polar surface area (TPSA) is 55.1 Å². The third-order valence-corrected chi connectivity index (χ3v) is 3.46. The number of nitrogens with two attached hydrogens (primary N) is 1. The molecule has 1 aromatic carbocycles. The van der Waals surface area contributed by atoms with Crippen molar-refractivity contribution in [1.82, 2.24) is 5.32 Å². The fraction of sp³-hybridized carbons (Fsp3) is 0.562. The molecule has 3 N–H and O–H groups in total. The van der Waals surface area contributed by atoms with Crippen LogP contribution in [0.3, 0.4) is 0 Å². The van der Waals surface area contributed by atoms with Crippen LogP contribution in [0.5, 0.6) is 0 Å². The average molecular weight is 262 g/mol. The van der Waals surface area contributed by atoms with Gasteiger partial charge in [0.15, 0.2) is 0 Å². The number of carbonyl (C=O) groups is 1. The van der Waals surface area contributed by atoms with Crippen LogP contribution >= 0.6 is 0 Å². The van der Waals surface area contributed by atoms with E-state index in [-0.39, 0.29) is 17.2 Å². The molecule has 3 heteroatoms. The molecule has 1 aromatic rings. The molecule has 3 nitrogen and oxygen atoms in total. The van der Waals surface area contributed by atoms with Gasteiger partial charge in [0.1, 0.15) is 0 Å². The second-order valence-electron chi connectivity index (χ2n) is 6.25. The van der Waals surface area contributed by atoms with Crippen molar-refractivity contribution in [2.75, 3.05) is 6.54 Å². The molecule has 0 bridgehead atoms. The van der Waals surface area contributed by atoms with Crippen LogP contribution in [0.1, 0.15) is 44.4 Å². The number of benzene rings is 1. The van der Waals surface area contributed by atoms with Crippen LogP contribution < -0.4 is 11.1 Å². The van der Waals surface area contributed by atoms with Crippen molar-refractivity contribution in [2.24, 2.45) is 11.7 Å². The Bertz CT molecular complexity index is 447. The summed E-state index contributed by atoms with van der Waals surface area (Å²) < 4.78 is 0. The summed E-state index contributed by atoms with van der Waals surface area (Å²) in [7, 11) is 0. The highest BCUT2D eigenvalue weighted by Crippen LogP contribution is 2.24. The van der Waals surface area contributed by atoms with E-state index in [1.165, 1.54) is 11.1 Å². The first-order valence-electron chi connectivity index (χ1n) is 6.83. The Kier molecular flexibility index (Phi) is 5.12. The third-order valence-electron chi connectivity index (χ3n) is 3.46. The fourth-order valence-corrected chi connectivity index (χ4v) is 1.82. The number of hydrogen-bond donors (Lipinski definition) is 2. The van der Waals surface area contributed by atoms with E-state index >= 15 is 0 Å². The molecule has 106 valence electrons. The maximum Gasteiger partial charge on any atom is 0.224 e. The zero-order chi connectivity index (χ0) is 14.6. The van der Waals surface area contributed by atoms with Gasteiger partial charge >= 0.3 is 0 Å². The van der Waals surface area contributed by atoms with Gasteiger partial charge in [0.05, 0.1) is 0 Å². The van der Waals surface area contributed by atoms with E-state index < -0.39 is 0 Å². The monoisotopic (exact) mass is 262 g/mol. The van der Waals surface area contributed by atoms with Crippen molar-refractivity contribution in [2.45, 2.75) is 46.6 Å². The van der Waals surface area contributed by atoms with Gasteiger partial charge in [-0.1, -0.05) is 45.9 Å². The number of hydrogen-bond acceptors (Lipinski definition) is 2. The summed E-state index contributed by atoms with van der Waals surface area (Å²) in [5.74, 6) is -0.115. The lowest BCUT2D eigenvalue weighted by atomic mass is 9.85. The molecule has 1 rings (SSSR count). The fourth-order valence-electron chi connectivity index (χ4n) is 1.82. The summed E-state index contributed by atoms with van der Waals surface area (Å²) in [5.41, 5.74) is 9.32. The Morgan fingerprint density at radius 1 is 1.37 bits per heavy atom. The Morgan fingerprint density at radius 3 is 2.47 bits per heavy atom. The SMILES string of the molecule is Cc1cc(C(C)(C)C)ccc1CNC(=O)C(C)CN. The summed E-state index contributed by atoms with van der Waals surface area (Å²) >= 11 is 0. The van der Waals surface area contributed by atoms with Crippen LogP contribution in [0.25, 0.3) is 0 Å². The van der Waals surface area contributed by atoms with Crippen molar-refractivity contribution >= 4 is 5.91 Å². The van der Waals surface area contributed by atoms with Crippen LogP contribution in [0.2, 0.25) is 0 Å². The molecular formula is C16H26N2O. The highest BCUT2D eigenvalue weighted by Gasteiger charge is 2.15. The minimum absolute atomic E-state index is 0.0156. The molecule has 0 aromatic heterocycles. The maximum absolute atomic E-state index is 11.7. The molecule has 1 atom stereocenters. The molecule has 0 saturated heterocycles. The largest absolute Gasteiger partial charge is 0.352 e. The van der Waals surface area contributed by atoms with Gasteiger partial charge in [-0.15, -0.1) is 0 Å². The van der Waals surface area contributed by atoms with Crippen molar-refractivity contribution in [3.8, 4) is 0 Å². The van der Waals surface area contributed by atoms with E-state index in [4.69, 9.17) is 5.73 Å². The van der Waals surface area contributed by atoms with Gasteiger partial charge in [-0.05, 0) is 29.0 Å². The van der Waals surface area contributed by atoms with Crippen molar-refractivity contribution < 1.29 is 4.79 Å². The van der Waals surface area contributed by atoms with E-state index in [0.29, 0.717) is 13.1 Å². The van der Waals surface area contributed by atoms with Gasteiger partial charge in [0, 0.05) is 19.0 Å². The third kappa shape index (κ3) is 4.35. The molecule has 0 aliphatic carbocycles. The highest BCUT2D eigenvalue weighted by atomic mass is 16.1. The van der Waals surface area contributed by atoms with Crippen LogP contribution in [0.4, 0.5) is 0 Å². The van der Waals surface area contributed by atoms with Crippen LogP contribution in [0, 0.1) is 12.8 Å². The molecule has 0 aliphatic heterocycles. The molecule has 19 heavy (non-hydrogen) atoms. The summed E-state index contributed by atoms with van der Waals surface area (Å²) in [6.07, 6.45) is 0. The Hall–Kier alpha value is -1.35. The summed E-state index contributed by atoms with van der Waals surface area (Å²) in [6, 6.07) is 6.44. The summed E-state index contributed by atoms with van der Waals surface area (Å²) in [5, 5.41) is 2.93. The quantitative estimate of drug-likeness (QED) is 0.876. The van der Waals surface area contributed by atoms with Gasteiger partial charge in [-0.25, -0.2) is 0 Å². The van der Waals surface area contributed by atoms with Crippen molar-refractivity contribution in [3.05, 3.63) is 34.9 Å². The number of nitrogens with one attached hydrogen (secondary N) is 1. The van der Waals surface area contributed by atoms with E-state index in [1.807, 2.05) is 6.92 Å². The van der Waals surface area contributed by atoms with Gasteiger partial charge < -0.3 is 11.1 Å². The molecule has 0 fully saturated rings. The van der Waals surface area contributed by atoms with Gasteiger partial charge in [-0.2, -0.15) is 0 Å². The standard InChI is InChI=1S/C16H26N2O/c1-11-8-14(16(3,4)5)7-6-13(11)10-18-15(19)12(2)9-17/h6-8,12H,9-10,17H2,1-5H3,(H,18,19). The Morgan fingerprint density at radius 2 is 2.00 bits per heavy atom. The first-order chi connectivity index (χ1) is 8.75. The second-order valence-corrected chi connectivity index (χ2v) is 6.25. The lowest BCUT2D eigenvalue weighted by Crippen LogP contribution is -2.33.